The Morgan fingerprint density at radius 2 is 2.38 bits per heavy atom. The minimum Gasteiger partial charge on any atom is -0.381 e. The molecule has 2 unspecified atom stereocenters. The van der Waals surface area contributed by atoms with Gasteiger partial charge in [-0.3, -0.25) is 4.79 Å². The van der Waals surface area contributed by atoms with Crippen LogP contribution in [0.2, 0.25) is 5.02 Å². The van der Waals surface area contributed by atoms with Crippen LogP contribution in [0, 0.1) is 5.92 Å². The fourth-order valence-corrected chi connectivity index (χ4v) is 3.32. The van der Waals surface area contributed by atoms with E-state index in [0.717, 1.165) is 49.9 Å². The molecule has 1 amide bonds. The number of hydrogen-bond acceptors (Lipinski definition) is 3. The zero-order valence-electron chi connectivity index (χ0n) is 12.1. The Hall–Kier alpha value is -1.10. The summed E-state index contributed by atoms with van der Waals surface area (Å²) in [4.78, 5) is 14.6. The molecule has 2 aliphatic rings. The Morgan fingerprint density at radius 3 is 3.14 bits per heavy atom. The highest BCUT2D eigenvalue weighted by atomic mass is 35.5. The molecule has 1 aromatic rings. The molecule has 0 saturated carbocycles. The SMILES string of the molecule is O=C(CC1CCOC1)N1CCNCC1c1cccc(Cl)c1. The van der Waals surface area contributed by atoms with Gasteiger partial charge in [0.05, 0.1) is 6.04 Å². The van der Waals surface area contributed by atoms with Gasteiger partial charge in [-0.1, -0.05) is 23.7 Å². The van der Waals surface area contributed by atoms with Gasteiger partial charge >= 0.3 is 0 Å². The third kappa shape index (κ3) is 3.57. The predicted molar refractivity (Wildman–Crippen MR) is 82.3 cm³/mol. The van der Waals surface area contributed by atoms with Crippen LogP contribution in [0.15, 0.2) is 24.3 Å². The van der Waals surface area contributed by atoms with Crippen molar-refractivity contribution < 1.29 is 9.53 Å². The quantitative estimate of drug-likeness (QED) is 0.931. The Bertz CT molecular complexity index is 503. The van der Waals surface area contributed by atoms with Crippen LogP contribution in [0.4, 0.5) is 0 Å². The number of ether oxygens (including phenoxy) is 1. The third-order valence-electron chi connectivity index (χ3n) is 4.28. The molecule has 21 heavy (non-hydrogen) atoms. The van der Waals surface area contributed by atoms with Crippen molar-refractivity contribution in [1.82, 2.24) is 10.2 Å². The summed E-state index contributed by atoms with van der Waals surface area (Å²) >= 11 is 6.09. The number of carbonyl (C=O) groups excluding carboxylic acids is 1. The highest BCUT2D eigenvalue weighted by Crippen LogP contribution is 2.27. The summed E-state index contributed by atoms with van der Waals surface area (Å²) in [5, 5.41) is 4.09. The summed E-state index contributed by atoms with van der Waals surface area (Å²) in [6.45, 7) is 3.90. The van der Waals surface area contributed by atoms with Crippen LogP contribution in [-0.2, 0) is 9.53 Å². The molecule has 0 aromatic heterocycles. The molecule has 0 aliphatic carbocycles. The van der Waals surface area contributed by atoms with Gasteiger partial charge in [-0.25, -0.2) is 0 Å². The number of carbonyl (C=O) groups is 1. The maximum atomic E-state index is 12.6. The summed E-state index contributed by atoms with van der Waals surface area (Å²) < 4.78 is 5.37. The molecule has 2 saturated heterocycles. The number of rotatable bonds is 3. The Morgan fingerprint density at radius 1 is 1.48 bits per heavy atom. The second-order valence-electron chi connectivity index (χ2n) is 5.80. The van der Waals surface area contributed by atoms with Crippen molar-refractivity contribution in [3.05, 3.63) is 34.9 Å². The van der Waals surface area contributed by atoms with Gasteiger partial charge in [0, 0.05) is 44.3 Å². The number of nitrogens with one attached hydrogen (secondary N) is 1. The van der Waals surface area contributed by atoms with Crippen molar-refractivity contribution in [3.8, 4) is 0 Å². The van der Waals surface area contributed by atoms with E-state index in [4.69, 9.17) is 16.3 Å². The van der Waals surface area contributed by atoms with Crippen molar-refractivity contribution in [2.75, 3.05) is 32.8 Å². The van der Waals surface area contributed by atoms with Gasteiger partial charge in [0.15, 0.2) is 0 Å². The van der Waals surface area contributed by atoms with Crippen LogP contribution in [0.1, 0.15) is 24.4 Å². The maximum absolute atomic E-state index is 12.6. The number of piperazine rings is 1. The maximum Gasteiger partial charge on any atom is 0.223 e. The van der Waals surface area contributed by atoms with Gasteiger partial charge in [-0.05, 0) is 30.0 Å². The number of nitrogens with zero attached hydrogens (tertiary/aromatic N) is 1. The third-order valence-corrected chi connectivity index (χ3v) is 4.52. The fourth-order valence-electron chi connectivity index (χ4n) is 3.12. The van der Waals surface area contributed by atoms with Crippen LogP contribution in [-0.4, -0.2) is 43.7 Å². The lowest BCUT2D eigenvalue weighted by molar-refractivity contribution is -0.135. The number of hydrogen-bond donors (Lipinski definition) is 1. The van der Waals surface area contributed by atoms with Gasteiger partial charge in [0.2, 0.25) is 5.91 Å². The first-order valence-electron chi connectivity index (χ1n) is 7.57. The molecule has 0 spiro atoms. The smallest absolute Gasteiger partial charge is 0.223 e. The van der Waals surface area contributed by atoms with E-state index in [-0.39, 0.29) is 11.9 Å². The van der Waals surface area contributed by atoms with Crippen molar-refractivity contribution in [3.63, 3.8) is 0 Å². The first-order valence-corrected chi connectivity index (χ1v) is 7.95. The van der Waals surface area contributed by atoms with Crippen LogP contribution in [0.5, 0.6) is 0 Å². The second-order valence-corrected chi connectivity index (χ2v) is 6.23. The van der Waals surface area contributed by atoms with E-state index in [1.54, 1.807) is 0 Å². The highest BCUT2D eigenvalue weighted by molar-refractivity contribution is 6.30. The molecule has 3 rings (SSSR count). The Labute approximate surface area is 130 Å². The summed E-state index contributed by atoms with van der Waals surface area (Å²) in [7, 11) is 0. The number of halogens is 1. The van der Waals surface area contributed by atoms with Crippen LogP contribution < -0.4 is 5.32 Å². The molecule has 2 heterocycles. The van der Waals surface area contributed by atoms with Crippen LogP contribution in [0.3, 0.4) is 0 Å². The van der Waals surface area contributed by atoms with Crippen molar-refractivity contribution in [2.24, 2.45) is 5.92 Å². The monoisotopic (exact) mass is 308 g/mol. The van der Waals surface area contributed by atoms with Crippen LogP contribution in [0.25, 0.3) is 0 Å². The zero-order valence-corrected chi connectivity index (χ0v) is 12.8. The zero-order chi connectivity index (χ0) is 14.7. The molecule has 2 atom stereocenters. The number of benzene rings is 1. The van der Waals surface area contributed by atoms with E-state index in [2.05, 4.69) is 5.32 Å². The topological polar surface area (TPSA) is 41.6 Å². The van der Waals surface area contributed by atoms with E-state index in [1.807, 2.05) is 29.2 Å². The summed E-state index contributed by atoms with van der Waals surface area (Å²) in [5.41, 5.74) is 1.10. The Kier molecular flexibility index (Phi) is 4.78. The highest BCUT2D eigenvalue weighted by Gasteiger charge is 2.30. The molecule has 2 aliphatic heterocycles. The molecular weight excluding hydrogens is 288 g/mol. The molecule has 0 bridgehead atoms. The van der Waals surface area contributed by atoms with Crippen molar-refractivity contribution in [1.29, 1.82) is 0 Å². The lowest BCUT2D eigenvalue weighted by Gasteiger charge is -2.37. The van der Waals surface area contributed by atoms with Gasteiger partial charge in [0.25, 0.3) is 0 Å². The average molecular weight is 309 g/mol. The molecular formula is C16H21ClN2O2. The van der Waals surface area contributed by atoms with Gasteiger partial charge < -0.3 is 15.0 Å². The summed E-state index contributed by atoms with van der Waals surface area (Å²) in [6, 6.07) is 7.89. The molecule has 2 fully saturated rings. The van der Waals surface area contributed by atoms with Crippen molar-refractivity contribution in [2.45, 2.75) is 18.9 Å². The minimum atomic E-state index is 0.0762. The molecule has 5 heteroatoms. The van der Waals surface area contributed by atoms with E-state index in [0.29, 0.717) is 12.3 Å². The fraction of sp³-hybridized carbons (Fsp3) is 0.562. The summed E-state index contributed by atoms with van der Waals surface area (Å²) in [5.74, 6) is 0.615. The van der Waals surface area contributed by atoms with E-state index < -0.39 is 0 Å². The number of amides is 1. The standard InChI is InChI=1S/C16H21ClN2O2/c17-14-3-1-2-13(9-14)15-10-18-5-6-19(15)16(20)8-12-4-7-21-11-12/h1-3,9,12,15,18H,4-8,10-11H2. The van der Waals surface area contributed by atoms with Crippen molar-refractivity contribution >= 4 is 17.5 Å². The molecule has 0 radical (unpaired) electrons. The lowest BCUT2D eigenvalue weighted by Crippen LogP contribution is -2.49. The average Bonchev–Trinajstić information content (AvgIpc) is 3.00. The lowest BCUT2D eigenvalue weighted by atomic mass is 10.00. The van der Waals surface area contributed by atoms with Gasteiger partial charge in [-0.2, -0.15) is 0 Å². The van der Waals surface area contributed by atoms with E-state index >= 15 is 0 Å². The van der Waals surface area contributed by atoms with Crippen LogP contribution >= 0.6 is 11.6 Å². The normalized spacial score (nSPS) is 26.0. The largest absolute Gasteiger partial charge is 0.381 e. The summed E-state index contributed by atoms with van der Waals surface area (Å²) in [6.07, 6.45) is 1.59. The first kappa shape index (κ1) is 14.8. The first-order chi connectivity index (χ1) is 10.2. The molecule has 1 aromatic carbocycles. The molecule has 4 nitrogen and oxygen atoms in total. The molecule has 114 valence electrons. The predicted octanol–water partition coefficient (Wildman–Crippen LogP) is 2.24. The van der Waals surface area contributed by atoms with E-state index in [1.165, 1.54) is 0 Å². The Balaban J connectivity index is 1.72. The van der Waals surface area contributed by atoms with Gasteiger partial charge in [-0.15, -0.1) is 0 Å². The molecule has 1 N–H and O–H groups in total. The minimum absolute atomic E-state index is 0.0762. The second kappa shape index (κ2) is 6.77. The van der Waals surface area contributed by atoms with E-state index in [9.17, 15) is 4.79 Å². The van der Waals surface area contributed by atoms with Gasteiger partial charge in [0.1, 0.15) is 0 Å².